The van der Waals surface area contributed by atoms with Crippen molar-refractivity contribution >= 4 is 22.5 Å². The lowest BCUT2D eigenvalue weighted by Crippen LogP contribution is -2.35. The van der Waals surface area contributed by atoms with E-state index >= 15 is 0 Å². The molecule has 1 fully saturated rings. The molecule has 1 aromatic heterocycles. The monoisotopic (exact) mass is 278 g/mol. The van der Waals surface area contributed by atoms with Crippen molar-refractivity contribution in [2.24, 2.45) is 0 Å². The van der Waals surface area contributed by atoms with Crippen molar-refractivity contribution in [3.63, 3.8) is 0 Å². The van der Waals surface area contributed by atoms with Crippen LogP contribution in [-0.2, 0) is 6.54 Å². The second-order valence-electron chi connectivity index (χ2n) is 5.27. The Hall–Kier alpha value is -1.39. The smallest absolute Gasteiger partial charge is 0.261 e. The molecule has 4 nitrogen and oxygen atoms in total. The van der Waals surface area contributed by atoms with Gasteiger partial charge >= 0.3 is 0 Å². The fourth-order valence-electron chi connectivity index (χ4n) is 2.75. The number of aliphatic hydroxyl groups is 1. The van der Waals surface area contributed by atoms with Crippen LogP contribution in [0.3, 0.4) is 0 Å². The molecule has 1 aliphatic carbocycles. The Morgan fingerprint density at radius 3 is 2.84 bits per heavy atom. The Morgan fingerprint density at radius 1 is 1.37 bits per heavy atom. The average molecular weight is 279 g/mol. The molecule has 0 bridgehead atoms. The Bertz CT molecular complexity index is 675. The first-order valence-electron chi connectivity index (χ1n) is 6.45. The first-order valence-corrected chi connectivity index (χ1v) is 6.82. The van der Waals surface area contributed by atoms with Crippen molar-refractivity contribution in [2.75, 3.05) is 0 Å². The van der Waals surface area contributed by atoms with Gasteiger partial charge in [0.25, 0.3) is 5.56 Å². The van der Waals surface area contributed by atoms with E-state index in [9.17, 15) is 9.90 Å². The lowest BCUT2D eigenvalue weighted by atomic mass is 10.0. The summed E-state index contributed by atoms with van der Waals surface area (Å²) in [5.74, 6) is 0. The molecule has 0 radical (unpaired) electrons. The molecule has 1 heterocycles. The van der Waals surface area contributed by atoms with E-state index in [0.29, 0.717) is 22.5 Å². The fourth-order valence-corrected chi connectivity index (χ4v) is 2.92. The molecule has 0 atom stereocenters. The Balaban J connectivity index is 2.05. The van der Waals surface area contributed by atoms with Crippen LogP contribution in [-0.4, -0.2) is 20.3 Å². The van der Waals surface area contributed by atoms with E-state index < -0.39 is 5.60 Å². The summed E-state index contributed by atoms with van der Waals surface area (Å²) < 4.78 is 1.49. The van der Waals surface area contributed by atoms with Gasteiger partial charge < -0.3 is 5.11 Å². The highest BCUT2D eigenvalue weighted by molar-refractivity contribution is 6.31. The van der Waals surface area contributed by atoms with Crippen LogP contribution in [0.25, 0.3) is 10.9 Å². The van der Waals surface area contributed by atoms with Crippen LogP contribution < -0.4 is 5.56 Å². The van der Waals surface area contributed by atoms with Gasteiger partial charge in [0.1, 0.15) is 0 Å². The van der Waals surface area contributed by atoms with Gasteiger partial charge in [0, 0.05) is 5.02 Å². The maximum absolute atomic E-state index is 12.4. The van der Waals surface area contributed by atoms with Crippen LogP contribution in [0.5, 0.6) is 0 Å². The van der Waals surface area contributed by atoms with Gasteiger partial charge in [0.05, 0.1) is 29.4 Å². The molecule has 0 saturated heterocycles. The summed E-state index contributed by atoms with van der Waals surface area (Å²) in [6.45, 7) is 0.307. The van der Waals surface area contributed by atoms with Crippen LogP contribution in [0.4, 0.5) is 0 Å². The summed E-state index contributed by atoms with van der Waals surface area (Å²) in [5.41, 5.74) is -0.283. The summed E-state index contributed by atoms with van der Waals surface area (Å²) in [6, 6.07) is 5.07. The molecule has 2 aromatic rings. The zero-order valence-electron chi connectivity index (χ0n) is 10.5. The molecular formula is C14H15ClN2O2. The van der Waals surface area contributed by atoms with Crippen LogP contribution in [0, 0.1) is 0 Å². The molecule has 5 heteroatoms. The minimum absolute atomic E-state index is 0.146. The highest BCUT2D eigenvalue weighted by atomic mass is 35.5. The third-order valence-electron chi connectivity index (χ3n) is 3.79. The molecule has 1 N–H and O–H groups in total. The van der Waals surface area contributed by atoms with E-state index in [-0.39, 0.29) is 5.56 Å². The SMILES string of the molecule is O=c1c2cc(Cl)ccc2ncn1CC1(O)CCCC1. The fraction of sp³-hybridized carbons (Fsp3) is 0.429. The van der Waals surface area contributed by atoms with Crippen LogP contribution >= 0.6 is 11.6 Å². The van der Waals surface area contributed by atoms with Crippen molar-refractivity contribution in [3.8, 4) is 0 Å². The molecule has 0 unspecified atom stereocenters. The molecule has 1 aromatic carbocycles. The number of nitrogens with zero attached hydrogens (tertiary/aromatic N) is 2. The number of benzene rings is 1. The second kappa shape index (κ2) is 4.62. The predicted molar refractivity (Wildman–Crippen MR) is 74.4 cm³/mol. The van der Waals surface area contributed by atoms with Gasteiger partial charge in [-0.2, -0.15) is 0 Å². The number of hydrogen-bond acceptors (Lipinski definition) is 3. The van der Waals surface area contributed by atoms with Crippen LogP contribution in [0.15, 0.2) is 29.3 Å². The zero-order valence-corrected chi connectivity index (χ0v) is 11.2. The largest absolute Gasteiger partial charge is 0.388 e. The summed E-state index contributed by atoms with van der Waals surface area (Å²) in [5, 5.41) is 11.4. The molecule has 0 spiro atoms. The van der Waals surface area contributed by atoms with Crippen LogP contribution in [0.1, 0.15) is 25.7 Å². The molecule has 3 rings (SSSR count). The third-order valence-corrected chi connectivity index (χ3v) is 4.02. The second-order valence-corrected chi connectivity index (χ2v) is 5.71. The molecular weight excluding hydrogens is 264 g/mol. The first-order chi connectivity index (χ1) is 9.07. The molecule has 0 aliphatic heterocycles. The first kappa shape index (κ1) is 12.6. The maximum Gasteiger partial charge on any atom is 0.261 e. The van der Waals surface area contributed by atoms with Gasteiger partial charge in [-0.25, -0.2) is 4.98 Å². The Kier molecular flexibility index (Phi) is 3.07. The number of fused-ring (bicyclic) bond motifs is 1. The van der Waals surface area contributed by atoms with Crippen molar-refractivity contribution < 1.29 is 5.11 Å². The lowest BCUT2D eigenvalue weighted by molar-refractivity contribution is 0.0288. The van der Waals surface area contributed by atoms with Gasteiger partial charge in [0.2, 0.25) is 0 Å². The van der Waals surface area contributed by atoms with E-state index in [1.807, 2.05) is 0 Å². The molecule has 19 heavy (non-hydrogen) atoms. The average Bonchev–Trinajstić information content (AvgIpc) is 2.80. The van der Waals surface area contributed by atoms with Gasteiger partial charge in [-0.05, 0) is 31.0 Å². The van der Waals surface area contributed by atoms with Gasteiger partial charge in [0.15, 0.2) is 0 Å². The van der Waals surface area contributed by atoms with Gasteiger partial charge in [-0.1, -0.05) is 24.4 Å². The van der Waals surface area contributed by atoms with Crippen LogP contribution in [0.2, 0.25) is 5.02 Å². The summed E-state index contributed by atoms with van der Waals surface area (Å²) in [7, 11) is 0. The quantitative estimate of drug-likeness (QED) is 0.917. The predicted octanol–water partition coefficient (Wildman–Crippen LogP) is 2.36. The molecule has 1 aliphatic rings. The molecule has 0 amide bonds. The summed E-state index contributed by atoms with van der Waals surface area (Å²) >= 11 is 5.92. The number of halogens is 1. The Morgan fingerprint density at radius 2 is 2.11 bits per heavy atom. The van der Waals surface area contributed by atoms with E-state index in [1.54, 1.807) is 18.2 Å². The molecule has 100 valence electrons. The minimum Gasteiger partial charge on any atom is -0.388 e. The summed E-state index contributed by atoms with van der Waals surface area (Å²) in [6.07, 6.45) is 5.02. The van der Waals surface area contributed by atoms with E-state index in [2.05, 4.69) is 4.98 Å². The molecule has 1 saturated carbocycles. The maximum atomic E-state index is 12.4. The summed E-state index contributed by atoms with van der Waals surface area (Å²) in [4.78, 5) is 16.6. The third kappa shape index (κ3) is 2.38. The normalized spacial score (nSPS) is 18.0. The highest BCUT2D eigenvalue weighted by Crippen LogP contribution is 2.30. The zero-order chi connectivity index (χ0) is 13.5. The van der Waals surface area contributed by atoms with E-state index in [4.69, 9.17) is 11.6 Å². The highest BCUT2D eigenvalue weighted by Gasteiger charge is 2.31. The number of rotatable bonds is 2. The van der Waals surface area contributed by atoms with Gasteiger partial charge in [-0.15, -0.1) is 0 Å². The number of hydrogen-bond donors (Lipinski definition) is 1. The van der Waals surface area contributed by atoms with Crippen molar-refractivity contribution in [1.82, 2.24) is 9.55 Å². The standard InChI is InChI=1S/C14H15ClN2O2/c15-10-3-4-12-11(7-10)13(18)17(9-16-12)8-14(19)5-1-2-6-14/h3-4,7,9,19H,1-2,5-6,8H2. The lowest BCUT2D eigenvalue weighted by Gasteiger charge is -2.22. The van der Waals surface area contributed by atoms with Crippen molar-refractivity contribution in [3.05, 3.63) is 39.9 Å². The topological polar surface area (TPSA) is 55.1 Å². The van der Waals surface area contributed by atoms with E-state index in [1.165, 1.54) is 10.9 Å². The number of aromatic nitrogens is 2. The Labute approximate surface area is 115 Å². The van der Waals surface area contributed by atoms with E-state index in [0.717, 1.165) is 25.7 Å². The van der Waals surface area contributed by atoms with Crippen molar-refractivity contribution in [2.45, 2.75) is 37.8 Å². The minimum atomic E-state index is -0.766. The van der Waals surface area contributed by atoms with Crippen molar-refractivity contribution in [1.29, 1.82) is 0 Å². The van der Waals surface area contributed by atoms with Gasteiger partial charge in [-0.3, -0.25) is 9.36 Å².